The molecule has 12 heteroatoms. The fraction of sp³-hybridized carbons (Fsp3) is 0.730. The van der Waals surface area contributed by atoms with Crippen LogP contribution in [0.4, 0.5) is 4.79 Å². The smallest absolute Gasteiger partial charge is 0.328 e. The fourth-order valence-electron chi connectivity index (χ4n) is 5.74. The first-order valence-corrected chi connectivity index (χ1v) is 19.4. The van der Waals surface area contributed by atoms with Crippen molar-refractivity contribution in [3.8, 4) is 0 Å². The molecule has 2 amide bonds. The lowest BCUT2D eigenvalue weighted by molar-refractivity contribution is -0.157. The number of urea groups is 1. The lowest BCUT2D eigenvalue weighted by Crippen LogP contribution is -2.50. The number of halogens is 3. The average Bonchev–Trinajstić information content (AvgIpc) is 3.08. The van der Waals surface area contributed by atoms with Crippen LogP contribution in [0.2, 0.25) is 0 Å². The Hall–Kier alpha value is -2.23. The largest absolute Gasteiger partial charge is 0.461 e. The molecule has 278 valence electrons. The molecular formula is C37H57Cl3N2O7. The third-order valence-electron chi connectivity index (χ3n) is 8.55. The number of hydrogen-bond acceptors (Lipinski definition) is 7. The first-order chi connectivity index (χ1) is 23.6. The quantitative estimate of drug-likeness (QED) is 0.0486. The Kier molecular flexibility index (Phi) is 22.5. The van der Waals surface area contributed by atoms with Crippen molar-refractivity contribution in [2.24, 2.45) is 0 Å². The third-order valence-corrected chi connectivity index (χ3v) is 8.87. The molecule has 1 saturated heterocycles. The first kappa shape index (κ1) is 42.9. The highest BCUT2D eigenvalue weighted by atomic mass is 35.6. The molecule has 0 aromatic heterocycles. The second kappa shape index (κ2) is 25.7. The maximum absolute atomic E-state index is 13.6. The van der Waals surface area contributed by atoms with Crippen LogP contribution in [0.1, 0.15) is 134 Å². The highest BCUT2D eigenvalue weighted by Crippen LogP contribution is 2.26. The van der Waals surface area contributed by atoms with E-state index in [1.807, 2.05) is 30.3 Å². The van der Waals surface area contributed by atoms with E-state index in [1.165, 1.54) is 44.9 Å². The van der Waals surface area contributed by atoms with E-state index < -0.39 is 40.5 Å². The molecule has 9 nitrogen and oxygen atoms in total. The van der Waals surface area contributed by atoms with Gasteiger partial charge in [0.25, 0.3) is 0 Å². The summed E-state index contributed by atoms with van der Waals surface area (Å²) in [5.41, 5.74) is 0.877. The summed E-state index contributed by atoms with van der Waals surface area (Å²) in [7, 11) is 0. The van der Waals surface area contributed by atoms with Crippen LogP contribution in [-0.2, 0) is 35.2 Å². The van der Waals surface area contributed by atoms with Crippen molar-refractivity contribution in [3.63, 3.8) is 0 Å². The Bertz CT molecular complexity index is 1080. The van der Waals surface area contributed by atoms with Crippen molar-refractivity contribution >= 4 is 58.7 Å². The number of piperidine rings is 1. The minimum atomic E-state index is -1.76. The first-order valence-electron chi connectivity index (χ1n) is 18.2. The molecule has 2 atom stereocenters. The Balaban J connectivity index is 1.95. The molecule has 49 heavy (non-hydrogen) atoms. The molecule has 1 N–H and O–H groups in total. The van der Waals surface area contributed by atoms with E-state index in [0.717, 1.165) is 50.5 Å². The average molecular weight is 748 g/mol. The van der Waals surface area contributed by atoms with Gasteiger partial charge in [-0.05, 0) is 50.5 Å². The number of hydrogen-bond donors (Lipinski definition) is 1. The van der Waals surface area contributed by atoms with E-state index in [4.69, 9.17) is 49.0 Å². The van der Waals surface area contributed by atoms with E-state index in [9.17, 15) is 19.2 Å². The van der Waals surface area contributed by atoms with Crippen LogP contribution in [0.3, 0.4) is 0 Å². The molecule has 1 aliphatic heterocycles. The van der Waals surface area contributed by atoms with Crippen molar-refractivity contribution in [2.75, 3.05) is 19.7 Å². The molecule has 0 unspecified atom stereocenters. The number of carbonyl (C=O) groups is 4. The maximum Gasteiger partial charge on any atom is 0.328 e. The molecule has 0 bridgehead atoms. The molecule has 0 saturated carbocycles. The molecule has 0 radical (unpaired) electrons. The van der Waals surface area contributed by atoms with Gasteiger partial charge >= 0.3 is 23.9 Å². The van der Waals surface area contributed by atoms with Gasteiger partial charge in [0, 0.05) is 19.5 Å². The van der Waals surface area contributed by atoms with Gasteiger partial charge in [0.2, 0.25) is 3.79 Å². The van der Waals surface area contributed by atoms with Crippen LogP contribution in [0.15, 0.2) is 30.3 Å². The van der Waals surface area contributed by atoms with Crippen molar-refractivity contribution < 1.29 is 33.4 Å². The molecule has 1 heterocycles. The predicted molar refractivity (Wildman–Crippen MR) is 195 cm³/mol. The Labute approximate surface area is 308 Å². The number of nitrogens with one attached hydrogen (secondary N) is 1. The molecule has 0 spiro atoms. The summed E-state index contributed by atoms with van der Waals surface area (Å²) in [6.45, 7) is 3.17. The summed E-state index contributed by atoms with van der Waals surface area (Å²) in [6.07, 6.45) is 15.6. The minimum Gasteiger partial charge on any atom is -0.461 e. The summed E-state index contributed by atoms with van der Waals surface area (Å²) < 4.78 is 14.6. The fourth-order valence-corrected chi connectivity index (χ4v) is 5.90. The summed E-state index contributed by atoms with van der Waals surface area (Å²) >= 11 is 17.3. The van der Waals surface area contributed by atoms with Gasteiger partial charge < -0.3 is 24.4 Å². The van der Waals surface area contributed by atoms with Crippen LogP contribution in [-0.4, -0.2) is 64.5 Å². The number of alkyl halides is 3. The van der Waals surface area contributed by atoms with Crippen molar-refractivity contribution in [3.05, 3.63) is 35.9 Å². The molecule has 1 aromatic carbocycles. The van der Waals surface area contributed by atoms with Crippen molar-refractivity contribution in [1.82, 2.24) is 10.2 Å². The van der Waals surface area contributed by atoms with Crippen LogP contribution < -0.4 is 5.32 Å². The number of rotatable bonds is 24. The molecular weight excluding hydrogens is 691 g/mol. The summed E-state index contributed by atoms with van der Waals surface area (Å²) in [5.74, 6) is -1.71. The predicted octanol–water partition coefficient (Wildman–Crippen LogP) is 9.38. The summed E-state index contributed by atoms with van der Waals surface area (Å²) in [5, 5.41) is 2.83. The standard InChI is InChI=1S/C37H57Cl3N2O7/c1-2-3-4-5-6-7-8-9-10-11-16-22-31(27-34(44)48-29-37(38,39)40)49-35(45)32(41-36(46)42-25-17-13-18-26-42)23-19-24-33(43)47-28-30-20-14-12-15-21-30/h12,14-15,20-21,31-32H,2-11,13,16-19,22-29H2,1H3,(H,41,46)/t31-,32-/m0/s1. The normalized spacial score (nSPS) is 14.5. The van der Waals surface area contributed by atoms with Gasteiger partial charge in [0.15, 0.2) is 0 Å². The van der Waals surface area contributed by atoms with Gasteiger partial charge in [-0.25, -0.2) is 9.59 Å². The summed E-state index contributed by atoms with van der Waals surface area (Å²) in [4.78, 5) is 53.4. The van der Waals surface area contributed by atoms with Gasteiger partial charge in [-0.15, -0.1) is 0 Å². The zero-order chi connectivity index (χ0) is 35.7. The van der Waals surface area contributed by atoms with E-state index in [1.54, 1.807) is 4.90 Å². The molecule has 1 aliphatic rings. The zero-order valence-corrected chi connectivity index (χ0v) is 31.5. The van der Waals surface area contributed by atoms with Gasteiger partial charge in [-0.2, -0.15) is 0 Å². The van der Waals surface area contributed by atoms with Gasteiger partial charge in [-0.3, -0.25) is 9.59 Å². The van der Waals surface area contributed by atoms with E-state index in [-0.39, 0.29) is 31.9 Å². The zero-order valence-electron chi connectivity index (χ0n) is 29.2. The van der Waals surface area contributed by atoms with Crippen LogP contribution in [0, 0.1) is 0 Å². The molecule has 2 rings (SSSR count). The topological polar surface area (TPSA) is 111 Å². The van der Waals surface area contributed by atoms with Gasteiger partial charge in [-0.1, -0.05) is 136 Å². The van der Waals surface area contributed by atoms with E-state index >= 15 is 0 Å². The van der Waals surface area contributed by atoms with Crippen molar-refractivity contribution in [1.29, 1.82) is 0 Å². The molecule has 0 aliphatic carbocycles. The summed E-state index contributed by atoms with van der Waals surface area (Å²) in [6, 6.07) is 8.01. The minimum absolute atomic E-state index is 0.0712. The van der Waals surface area contributed by atoms with E-state index in [0.29, 0.717) is 25.9 Å². The second-order valence-electron chi connectivity index (χ2n) is 13.0. The number of nitrogens with zero attached hydrogens (tertiary/aromatic N) is 1. The monoisotopic (exact) mass is 746 g/mol. The number of ether oxygens (including phenoxy) is 3. The van der Waals surface area contributed by atoms with Gasteiger partial charge in [0.1, 0.15) is 25.4 Å². The number of likely N-dealkylation sites (tertiary alicyclic amines) is 1. The van der Waals surface area contributed by atoms with Gasteiger partial charge in [0.05, 0.1) is 6.42 Å². The highest BCUT2D eigenvalue weighted by Gasteiger charge is 2.30. The highest BCUT2D eigenvalue weighted by molar-refractivity contribution is 6.67. The maximum atomic E-state index is 13.6. The number of benzene rings is 1. The Morgan fingerprint density at radius 1 is 0.776 bits per heavy atom. The SMILES string of the molecule is CCCCCCCCCCCCC[C@@H](CC(=O)OCC(Cl)(Cl)Cl)OC(=O)[C@H](CCCC(=O)OCc1ccccc1)NC(=O)N1CCCCC1. The molecule has 1 fully saturated rings. The lowest BCUT2D eigenvalue weighted by atomic mass is 10.0. The second-order valence-corrected chi connectivity index (χ2v) is 15.5. The lowest BCUT2D eigenvalue weighted by Gasteiger charge is -2.29. The number of carbonyl (C=O) groups excluding carboxylic acids is 4. The van der Waals surface area contributed by atoms with Crippen LogP contribution in [0.25, 0.3) is 0 Å². The number of amides is 2. The van der Waals surface area contributed by atoms with Crippen LogP contribution in [0.5, 0.6) is 0 Å². The molecule has 1 aromatic rings. The number of esters is 3. The Morgan fingerprint density at radius 2 is 1.39 bits per heavy atom. The van der Waals surface area contributed by atoms with Crippen molar-refractivity contribution in [2.45, 2.75) is 151 Å². The van der Waals surface area contributed by atoms with E-state index in [2.05, 4.69) is 12.2 Å². The number of unbranched alkanes of at least 4 members (excludes halogenated alkanes) is 10. The van der Waals surface area contributed by atoms with Crippen LogP contribution >= 0.6 is 34.8 Å². The third kappa shape index (κ3) is 21.6. The Morgan fingerprint density at radius 3 is 2.00 bits per heavy atom.